The number of methoxy groups -OCH3 is 2. The molecule has 7 nitrogen and oxygen atoms in total. The lowest BCUT2D eigenvalue weighted by Crippen LogP contribution is -2.39. The molecule has 0 bridgehead atoms. The van der Waals surface area contributed by atoms with Crippen molar-refractivity contribution < 1.29 is 28.5 Å². The molecule has 156 valence electrons. The second-order valence-electron chi connectivity index (χ2n) is 8.10. The molecule has 0 fully saturated rings. The Bertz CT molecular complexity index is 1230. The zero-order chi connectivity index (χ0) is 21.2. The van der Waals surface area contributed by atoms with Gasteiger partial charge in [0.15, 0.2) is 17.3 Å². The highest BCUT2D eigenvalue weighted by Crippen LogP contribution is 2.45. The van der Waals surface area contributed by atoms with E-state index in [0.29, 0.717) is 57.3 Å². The molecule has 7 heteroatoms. The molecule has 3 aromatic rings. The molecule has 0 aliphatic carbocycles. The van der Waals surface area contributed by atoms with Crippen molar-refractivity contribution in [3.8, 4) is 34.1 Å². The summed E-state index contributed by atoms with van der Waals surface area (Å²) < 4.78 is 28.7. The fraction of sp³-hybridized carbons (Fsp3) is 0.348. The van der Waals surface area contributed by atoms with E-state index in [4.69, 9.17) is 23.4 Å². The quantitative estimate of drug-likeness (QED) is 0.708. The van der Waals surface area contributed by atoms with Gasteiger partial charge in [0.25, 0.3) is 0 Å². The molecule has 0 saturated heterocycles. The number of rotatable bonds is 3. The standard InChI is InChI=1S/C23H22O7/c1-23(2,25)19-8-13-14(29-19)6-5-11-21(24)20-12-7-16(26-3)17(27-4)9-15(12)28-10-18(20)30-22(11)13/h5-7,9,19,25H,8,10H2,1-4H3/t19-/m1/s1. The summed E-state index contributed by atoms with van der Waals surface area (Å²) in [5, 5.41) is 10.8. The van der Waals surface area contributed by atoms with Crippen molar-refractivity contribution in [2.45, 2.75) is 38.6 Å². The van der Waals surface area contributed by atoms with E-state index in [2.05, 4.69) is 0 Å². The molecule has 2 aromatic carbocycles. The molecule has 3 heterocycles. The molecular weight excluding hydrogens is 388 g/mol. The van der Waals surface area contributed by atoms with Gasteiger partial charge in [-0.1, -0.05) is 0 Å². The summed E-state index contributed by atoms with van der Waals surface area (Å²) in [6.07, 6.45) is 0.0496. The molecule has 1 aromatic heterocycles. The number of benzene rings is 2. The second kappa shape index (κ2) is 6.40. The Morgan fingerprint density at radius 1 is 1.10 bits per heavy atom. The Morgan fingerprint density at radius 3 is 2.53 bits per heavy atom. The maximum Gasteiger partial charge on any atom is 0.201 e. The Kier molecular flexibility index (Phi) is 4.02. The number of aliphatic hydroxyl groups is 1. The molecular formula is C23H22O7. The van der Waals surface area contributed by atoms with Gasteiger partial charge in [0.05, 0.1) is 30.8 Å². The van der Waals surface area contributed by atoms with Gasteiger partial charge in [-0.2, -0.15) is 0 Å². The summed E-state index contributed by atoms with van der Waals surface area (Å²) in [7, 11) is 3.09. The molecule has 2 aliphatic heterocycles. The van der Waals surface area contributed by atoms with Crippen LogP contribution in [0.4, 0.5) is 0 Å². The first-order valence-electron chi connectivity index (χ1n) is 9.71. The smallest absolute Gasteiger partial charge is 0.201 e. The molecule has 0 spiro atoms. The van der Waals surface area contributed by atoms with Crippen LogP contribution in [0.1, 0.15) is 25.2 Å². The fourth-order valence-electron chi connectivity index (χ4n) is 4.11. The molecule has 0 radical (unpaired) electrons. The summed E-state index contributed by atoms with van der Waals surface area (Å²) in [5.74, 6) is 2.65. The lowest BCUT2D eigenvalue weighted by atomic mass is 9.95. The lowest BCUT2D eigenvalue weighted by Gasteiger charge is -2.24. The van der Waals surface area contributed by atoms with E-state index in [1.807, 2.05) is 0 Å². The van der Waals surface area contributed by atoms with Crippen molar-refractivity contribution in [2.75, 3.05) is 14.2 Å². The van der Waals surface area contributed by atoms with Gasteiger partial charge in [-0.25, -0.2) is 0 Å². The van der Waals surface area contributed by atoms with E-state index in [-0.39, 0.29) is 12.0 Å². The molecule has 0 amide bonds. The van der Waals surface area contributed by atoms with E-state index in [1.54, 1.807) is 52.3 Å². The van der Waals surface area contributed by atoms with Gasteiger partial charge >= 0.3 is 0 Å². The second-order valence-corrected chi connectivity index (χ2v) is 8.10. The summed E-state index contributed by atoms with van der Waals surface area (Å²) in [4.78, 5) is 13.5. The van der Waals surface area contributed by atoms with Crippen LogP contribution in [0, 0.1) is 0 Å². The summed E-state index contributed by atoms with van der Waals surface area (Å²) in [6.45, 7) is 3.54. The largest absolute Gasteiger partial charge is 0.493 e. The highest BCUT2D eigenvalue weighted by molar-refractivity contribution is 5.89. The highest BCUT2D eigenvalue weighted by atomic mass is 16.5. The van der Waals surface area contributed by atoms with Crippen LogP contribution in [-0.2, 0) is 13.0 Å². The van der Waals surface area contributed by atoms with Crippen molar-refractivity contribution in [1.29, 1.82) is 0 Å². The number of hydrogen-bond donors (Lipinski definition) is 1. The van der Waals surface area contributed by atoms with Crippen LogP contribution in [0.5, 0.6) is 23.0 Å². The van der Waals surface area contributed by atoms with Crippen LogP contribution in [0.25, 0.3) is 22.1 Å². The predicted molar refractivity (Wildman–Crippen MR) is 110 cm³/mol. The third-order valence-electron chi connectivity index (χ3n) is 5.75. The van der Waals surface area contributed by atoms with Crippen molar-refractivity contribution in [3.05, 3.63) is 45.8 Å². The Balaban J connectivity index is 1.72. The Morgan fingerprint density at radius 2 is 1.83 bits per heavy atom. The monoisotopic (exact) mass is 410 g/mol. The summed E-state index contributed by atoms with van der Waals surface area (Å²) in [5.41, 5.74) is 1.18. The fourth-order valence-corrected chi connectivity index (χ4v) is 4.11. The molecule has 0 saturated carbocycles. The third kappa shape index (κ3) is 2.65. The van der Waals surface area contributed by atoms with E-state index in [1.165, 1.54) is 0 Å². The number of fused-ring (bicyclic) bond motifs is 6. The van der Waals surface area contributed by atoms with Crippen LogP contribution in [0.3, 0.4) is 0 Å². The van der Waals surface area contributed by atoms with E-state index < -0.39 is 11.7 Å². The van der Waals surface area contributed by atoms with Gasteiger partial charge in [-0.15, -0.1) is 0 Å². The van der Waals surface area contributed by atoms with Gasteiger partial charge < -0.3 is 28.5 Å². The first kappa shape index (κ1) is 18.8. The molecule has 1 atom stereocenters. The average Bonchev–Trinajstić information content (AvgIpc) is 3.18. The summed E-state index contributed by atoms with van der Waals surface area (Å²) >= 11 is 0. The molecule has 2 aliphatic rings. The minimum Gasteiger partial charge on any atom is -0.493 e. The van der Waals surface area contributed by atoms with Gasteiger partial charge in [-0.3, -0.25) is 4.79 Å². The van der Waals surface area contributed by atoms with E-state index >= 15 is 0 Å². The third-order valence-corrected chi connectivity index (χ3v) is 5.75. The minimum atomic E-state index is -1.02. The van der Waals surface area contributed by atoms with Gasteiger partial charge in [0.2, 0.25) is 5.43 Å². The first-order valence-corrected chi connectivity index (χ1v) is 9.71. The first-order chi connectivity index (χ1) is 14.3. The molecule has 1 N–H and O–H groups in total. The van der Waals surface area contributed by atoms with Crippen molar-refractivity contribution in [1.82, 2.24) is 0 Å². The lowest BCUT2D eigenvalue weighted by molar-refractivity contribution is -0.0229. The van der Waals surface area contributed by atoms with Gasteiger partial charge in [0, 0.05) is 23.6 Å². The normalized spacial score (nSPS) is 16.9. The number of ether oxygens (including phenoxy) is 4. The zero-order valence-electron chi connectivity index (χ0n) is 17.2. The number of hydrogen-bond acceptors (Lipinski definition) is 7. The van der Waals surface area contributed by atoms with Crippen LogP contribution in [0.2, 0.25) is 0 Å². The maximum atomic E-state index is 13.5. The van der Waals surface area contributed by atoms with Crippen LogP contribution >= 0.6 is 0 Å². The molecule has 5 rings (SSSR count). The van der Waals surface area contributed by atoms with Gasteiger partial charge in [-0.05, 0) is 32.0 Å². The molecule has 30 heavy (non-hydrogen) atoms. The van der Waals surface area contributed by atoms with E-state index in [0.717, 1.165) is 5.56 Å². The topological polar surface area (TPSA) is 87.4 Å². The van der Waals surface area contributed by atoms with Crippen molar-refractivity contribution in [2.24, 2.45) is 0 Å². The van der Waals surface area contributed by atoms with Crippen LogP contribution in [0.15, 0.2) is 33.5 Å². The van der Waals surface area contributed by atoms with E-state index in [9.17, 15) is 9.90 Å². The average molecular weight is 410 g/mol. The van der Waals surface area contributed by atoms with Crippen molar-refractivity contribution in [3.63, 3.8) is 0 Å². The summed E-state index contributed by atoms with van der Waals surface area (Å²) in [6, 6.07) is 6.92. The van der Waals surface area contributed by atoms with Crippen molar-refractivity contribution >= 4 is 11.0 Å². The SMILES string of the molecule is COc1cc2c(cc1OC)-c1c(oc3c4c(ccc3c1=O)O[C@@H](C(C)(C)O)C4)CO2. The minimum absolute atomic E-state index is 0.127. The Hall–Kier alpha value is -3.19. The van der Waals surface area contributed by atoms with Gasteiger partial charge in [0.1, 0.15) is 29.8 Å². The zero-order valence-corrected chi connectivity index (χ0v) is 17.2. The molecule has 0 unspecified atom stereocenters. The predicted octanol–water partition coefficient (Wildman–Crippen LogP) is 3.44. The Labute approximate surface area is 172 Å². The van der Waals surface area contributed by atoms with Crippen LogP contribution < -0.4 is 24.4 Å². The maximum absolute atomic E-state index is 13.5. The van der Waals surface area contributed by atoms with Crippen LogP contribution in [-0.4, -0.2) is 31.0 Å². The highest BCUT2D eigenvalue weighted by Gasteiger charge is 2.37.